The minimum atomic E-state index is 0.484. The molecule has 1 N–H and O–H groups in total. The molecule has 3 nitrogen and oxygen atoms in total. The highest BCUT2D eigenvalue weighted by molar-refractivity contribution is 5.41. The Kier molecular flexibility index (Phi) is 19.4. The molecule has 0 fully saturated rings. The molecule has 1 aliphatic carbocycles. The lowest BCUT2D eigenvalue weighted by Crippen LogP contribution is -2.18. The fraction of sp³-hybridized carbons (Fsp3) is 0.361. The van der Waals surface area contributed by atoms with Crippen molar-refractivity contribution in [1.29, 1.82) is 5.26 Å². The second-order valence-electron chi connectivity index (χ2n) is 10.5. The number of hydrogen-bond donors (Lipinski definition) is 1. The Hall–Kier alpha value is -3.77. The highest BCUT2D eigenvalue weighted by Gasteiger charge is 2.10. The molecule has 0 radical (unpaired) electrons. The van der Waals surface area contributed by atoms with Crippen molar-refractivity contribution in [1.82, 2.24) is 10.2 Å². The molecule has 39 heavy (non-hydrogen) atoms. The van der Waals surface area contributed by atoms with Crippen LogP contribution in [0, 0.1) is 16.7 Å². The van der Waals surface area contributed by atoms with Crippen LogP contribution in [0.1, 0.15) is 67.2 Å². The van der Waals surface area contributed by atoms with Gasteiger partial charge in [0.15, 0.2) is 0 Å². The van der Waals surface area contributed by atoms with Gasteiger partial charge in [0.2, 0.25) is 0 Å². The van der Waals surface area contributed by atoms with E-state index in [1.165, 1.54) is 23.1 Å². The van der Waals surface area contributed by atoms with Gasteiger partial charge in [0.25, 0.3) is 0 Å². The van der Waals surface area contributed by atoms with E-state index >= 15 is 0 Å². The Morgan fingerprint density at radius 2 is 1.77 bits per heavy atom. The summed E-state index contributed by atoms with van der Waals surface area (Å²) in [6.07, 6.45) is 17.4. The van der Waals surface area contributed by atoms with E-state index in [1.807, 2.05) is 31.0 Å². The maximum Gasteiger partial charge on any atom is 0.0944 e. The molecule has 0 bridgehead atoms. The Morgan fingerprint density at radius 1 is 1.18 bits per heavy atom. The van der Waals surface area contributed by atoms with Gasteiger partial charge in [-0.3, -0.25) is 0 Å². The van der Waals surface area contributed by atoms with Crippen LogP contribution in [-0.4, -0.2) is 18.5 Å². The Balaban J connectivity index is 0. The lowest BCUT2D eigenvalue weighted by Gasteiger charge is -2.24. The van der Waals surface area contributed by atoms with E-state index in [1.54, 1.807) is 6.08 Å². The fourth-order valence-electron chi connectivity index (χ4n) is 3.06. The van der Waals surface area contributed by atoms with E-state index in [2.05, 4.69) is 116 Å². The monoisotopic (exact) mass is 527 g/mol. The van der Waals surface area contributed by atoms with E-state index in [4.69, 9.17) is 5.26 Å². The van der Waals surface area contributed by atoms with Crippen LogP contribution < -0.4 is 5.32 Å². The first-order chi connectivity index (χ1) is 18.3. The summed E-state index contributed by atoms with van der Waals surface area (Å²) in [6.45, 7) is 39.5. The molecule has 0 heterocycles. The molecular formula is C36H53N3. The van der Waals surface area contributed by atoms with Crippen molar-refractivity contribution in [2.75, 3.05) is 13.6 Å². The third kappa shape index (κ3) is 16.6. The summed E-state index contributed by atoms with van der Waals surface area (Å²) >= 11 is 0. The summed E-state index contributed by atoms with van der Waals surface area (Å²) in [5, 5.41) is 12.5. The van der Waals surface area contributed by atoms with Crippen molar-refractivity contribution in [2.24, 2.45) is 5.41 Å². The zero-order valence-corrected chi connectivity index (χ0v) is 25.9. The van der Waals surface area contributed by atoms with Gasteiger partial charge in [-0.2, -0.15) is 5.26 Å². The first-order valence-electron chi connectivity index (χ1n) is 13.4. The Bertz CT molecular complexity index is 1060. The summed E-state index contributed by atoms with van der Waals surface area (Å²) in [7, 11) is 1.97. The quantitative estimate of drug-likeness (QED) is 0.156. The molecular weight excluding hydrogens is 474 g/mol. The van der Waals surface area contributed by atoms with Crippen molar-refractivity contribution in [3.05, 3.63) is 134 Å². The maximum absolute atomic E-state index is 9.15. The predicted molar refractivity (Wildman–Crippen MR) is 176 cm³/mol. The number of nitrogens with zero attached hydrogens (tertiary/aromatic N) is 2. The van der Waals surface area contributed by atoms with Crippen LogP contribution in [0.4, 0.5) is 0 Å². The average Bonchev–Trinajstić information content (AvgIpc) is 3.10. The lowest BCUT2D eigenvalue weighted by atomic mass is 9.94. The van der Waals surface area contributed by atoms with Crippen molar-refractivity contribution >= 4 is 0 Å². The SMILES string of the molecule is C=C.C=C/C=C(/C)N(C)/C(=C\CC(=C)C(=C)NCC1=CC(C)=C(C=C)CC=C1)CC(=C)C#N.CCC(C)(C)C. The number of hydrogen-bond acceptors (Lipinski definition) is 3. The predicted octanol–water partition coefficient (Wildman–Crippen LogP) is 10.0. The maximum atomic E-state index is 9.15. The summed E-state index contributed by atoms with van der Waals surface area (Å²) in [6, 6.07) is 2.13. The van der Waals surface area contributed by atoms with Gasteiger partial charge in [0, 0.05) is 42.7 Å². The Labute approximate surface area is 241 Å². The molecule has 3 heteroatoms. The van der Waals surface area contributed by atoms with Gasteiger partial charge in [0.05, 0.1) is 6.07 Å². The standard InChI is InChI=1S/C28H35N3.C6H14.C2H4/c1-9-12-24(6)31(8)28(17-21(3)19-29)16-15-22(4)25(7)30-20-26-13-11-14-27(10-2)23(5)18-26;1-5-6(2,3)4;1-2/h9-13,16,18,30H,1-4,7,14-15,17,20H2,5-6,8H3;5H2,1-4H3;1-2H2/b24-12-,28-16-;;. The first-order valence-corrected chi connectivity index (χ1v) is 13.4. The molecule has 0 atom stereocenters. The molecule has 0 aliphatic heterocycles. The normalized spacial score (nSPS) is 13.2. The number of rotatable bonds is 12. The van der Waals surface area contributed by atoms with Crippen LogP contribution in [0.3, 0.4) is 0 Å². The molecule has 0 aromatic carbocycles. The highest BCUT2D eigenvalue weighted by atomic mass is 15.1. The molecule has 1 aliphatic rings. The van der Waals surface area contributed by atoms with Gasteiger partial charge >= 0.3 is 0 Å². The van der Waals surface area contributed by atoms with Gasteiger partial charge in [-0.1, -0.05) is 103 Å². The molecule has 0 amide bonds. The third-order valence-electron chi connectivity index (χ3n) is 6.27. The average molecular weight is 528 g/mol. The second-order valence-corrected chi connectivity index (χ2v) is 10.5. The highest BCUT2D eigenvalue weighted by Crippen LogP contribution is 2.21. The largest absolute Gasteiger partial charge is 0.381 e. The number of nitriles is 1. The van der Waals surface area contributed by atoms with Crippen LogP contribution in [0.15, 0.2) is 134 Å². The van der Waals surface area contributed by atoms with Crippen LogP contribution >= 0.6 is 0 Å². The summed E-state index contributed by atoms with van der Waals surface area (Å²) in [5.74, 6) is 0. The van der Waals surface area contributed by atoms with Crippen molar-refractivity contribution in [3.63, 3.8) is 0 Å². The molecule has 0 aromatic heterocycles. The molecule has 212 valence electrons. The number of allylic oxidation sites excluding steroid dienone is 11. The number of nitrogens with one attached hydrogen (secondary N) is 1. The van der Waals surface area contributed by atoms with Crippen molar-refractivity contribution in [3.8, 4) is 6.07 Å². The van der Waals surface area contributed by atoms with Crippen LogP contribution in [-0.2, 0) is 0 Å². The van der Waals surface area contributed by atoms with Gasteiger partial charge in [-0.25, -0.2) is 0 Å². The van der Waals surface area contributed by atoms with E-state index in [0.29, 0.717) is 30.4 Å². The fourth-order valence-corrected chi connectivity index (χ4v) is 3.06. The summed E-state index contributed by atoms with van der Waals surface area (Å²) in [5.41, 5.74) is 8.45. The molecule has 0 saturated carbocycles. The van der Waals surface area contributed by atoms with E-state index < -0.39 is 0 Å². The minimum absolute atomic E-state index is 0.484. The summed E-state index contributed by atoms with van der Waals surface area (Å²) in [4.78, 5) is 2.04. The molecule has 0 unspecified atom stereocenters. The van der Waals surface area contributed by atoms with Gasteiger partial charge in [-0.05, 0) is 60.5 Å². The zero-order chi connectivity index (χ0) is 30.6. The summed E-state index contributed by atoms with van der Waals surface area (Å²) < 4.78 is 0. The third-order valence-corrected chi connectivity index (χ3v) is 6.27. The van der Waals surface area contributed by atoms with E-state index in [-0.39, 0.29) is 0 Å². The van der Waals surface area contributed by atoms with E-state index in [0.717, 1.165) is 29.1 Å². The molecule has 0 aromatic rings. The van der Waals surface area contributed by atoms with Crippen LogP contribution in [0.5, 0.6) is 0 Å². The van der Waals surface area contributed by atoms with E-state index in [9.17, 15) is 0 Å². The Morgan fingerprint density at radius 3 is 2.26 bits per heavy atom. The van der Waals surface area contributed by atoms with Gasteiger partial charge < -0.3 is 10.2 Å². The van der Waals surface area contributed by atoms with Gasteiger partial charge in [0.1, 0.15) is 0 Å². The lowest BCUT2D eigenvalue weighted by molar-refractivity contribution is 0.398. The van der Waals surface area contributed by atoms with Crippen molar-refractivity contribution < 1.29 is 0 Å². The van der Waals surface area contributed by atoms with Gasteiger partial charge in [-0.15, -0.1) is 13.2 Å². The zero-order valence-electron chi connectivity index (χ0n) is 25.9. The first kappa shape index (κ1) is 37.4. The molecule has 0 spiro atoms. The minimum Gasteiger partial charge on any atom is -0.381 e. The smallest absolute Gasteiger partial charge is 0.0944 e. The topological polar surface area (TPSA) is 39.1 Å². The molecule has 1 rings (SSSR count). The van der Waals surface area contributed by atoms with Crippen LogP contribution in [0.2, 0.25) is 0 Å². The van der Waals surface area contributed by atoms with Crippen molar-refractivity contribution in [2.45, 2.75) is 67.2 Å². The van der Waals surface area contributed by atoms with Crippen LogP contribution in [0.25, 0.3) is 0 Å². The molecule has 0 saturated heterocycles. The second kappa shape index (κ2) is 20.2.